The van der Waals surface area contributed by atoms with Crippen molar-refractivity contribution in [1.29, 1.82) is 0 Å². The van der Waals surface area contributed by atoms with Gasteiger partial charge in [-0.3, -0.25) is 0 Å². The van der Waals surface area contributed by atoms with Crippen molar-refractivity contribution >= 4 is 9.84 Å². The quantitative estimate of drug-likeness (QED) is 0.909. The average molecular weight is 303 g/mol. The summed E-state index contributed by atoms with van der Waals surface area (Å²) in [6.45, 7) is 2.88. The molecule has 2 rings (SSSR count). The van der Waals surface area contributed by atoms with E-state index in [0.29, 0.717) is 12.8 Å². The van der Waals surface area contributed by atoms with Crippen molar-refractivity contribution < 1.29 is 17.2 Å². The molecule has 0 amide bonds. The van der Waals surface area contributed by atoms with E-state index >= 15 is 0 Å². The van der Waals surface area contributed by atoms with Gasteiger partial charge in [-0.1, -0.05) is 6.92 Å². The van der Waals surface area contributed by atoms with Gasteiger partial charge in [0.1, 0.15) is 16.5 Å². The molecule has 6 heteroatoms. The maximum absolute atomic E-state index is 13.7. The summed E-state index contributed by atoms with van der Waals surface area (Å²) in [4.78, 5) is -0.515. The molecule has 0 aromatic heterocycles. The van der Waals surface area contributed by atoms with Crippen molar-refractivity contribution in [2.24, 2.45) is 0 Å². The van der Waals surface area contributed by atoms with Crippen molar-refractivity contribution in [3.8, 4) is 0 Å². The van der Waals surface area contributed by atoms with Crippen LogP contribution in [0.25, 0.3) is 0 Å². The smallest absolute Gasteiger partial charge is 0.184 e. The normalized spacial score (nSPS) is 23.1. The van der Waals surface area contributed by atoms with Crippen LogP contribution in [0.5, 0.6) is 0 Å². The van der Waals surface area contributed by atoms with Crippen molar-refractivity contribution in [2.45, 2.75) is 48.8 Å². The van der Waals surface area contributed by atoms with E-state index in [-0.39, 0.29) is 6.04 Å². The topological polar surface area (TPSA) is 46.2 Å². The fraction of sp³-hybridized carbons (Fsp3) is 0.571. The summed E-state index contributed by atoms with van der Waals surface area (Å²) in [5.74, 6) is -1.61. The molecule has 1 aliphatic carbocycles. The van der Waals surface area contributed by atoms with Gasteiger partial charge in [0.05, 0.1) is 5.25 Å². The lowest BCUT2D eigenvalue weighted by Crippen LogP contribution is -2.29. The lowest BCUT2D eigenvalue weighted by Gasteiger charge is -2.14. The molecule has 2 atom stereocenters. The average Bonchev–Trinajstić information content (AvgIpc) is 2.88. The highest BCUT2D eigenvalue weighted by molar-refractivity contribution is 7.92. The maximum atomic E-state index is 13.7. The van der Waals surface area contributed by atoms with Crippen LogP contribution in [0.4, 0.5) is 8.78 Å². The van der Waals surface area contributed by atoms with Gasteiger partial charge in [0.15, 0.2) is 9.84 Å². The zero-order valence-electron chi connectivity index (χ0n) is 11.4. The summed E-state index contributed by atoms with van der Waals surface area (Å²) in [5.41, 5.74) is 0. The van der Waals surface area contributed by atoms with Gasteiger partial charge in [-0.25, -0.2) is 17.2 Å². The Labute approximate surface area is 118 Å². The Balaban J connectivity index is 2.17. The number of sulfone groups is 1. The predicted molar refractivity (Wildman–Crippen MR) is 73.3 cm³/mol. The fourth-order valence-corrected chi connectivity index (χ4v) is 4.54. The highest BCUT2D eigenvalue weighted by Crippen LogP contribution is 2.31. The first-order chi connectivity index (χ1) is 9.45. The molecule has 0 bridgehead atoms. The zero-order valence-corrected chi connectivity index (χ0v) is 12.2. The van der Waals surface area contributed by atoms with Crippen LogP contribution in [0.2, 0.25) is 0 Å². The summed E-state index contributed by atoms with van der Waals surface area (Å²) in [7, 11) is -3.80. The van der Waals surface area contributed by atoms with E-state index in [1.807, 2.05) is 6.92 Å². The summed E-state index contributed by atoms with van der Waals surface area (Å²) < 4.78 is 51.6. The molecule has 0 saturated heterocycles. The van der Waals surface area contributed by atoms with Crippen LogP contribution >= 0.6 is 0 Å². The van der Waals surface area contributed by atoms with E-state index in [9.17, 15) is 17.2 Å². The molecule has 0 radical (unpaired) electrons. The molecule has 1 aliphatic rings. The Bertz CT molecular complexity index is 575. The van der Waals surface area contributed by atoms with E-state index < -0.39 is 31.6 Å². The predicted octanol–water partition coefficient (Wildman–Crippen LogP) is 2.66. The molecule has 112 valence electrons. The second kappa shape index (κ2) is 6.18. The van der Waals surface area contributed by atoms with Gasteiger partial charge in [0.2, 0.25) is 0 Å². The van der Waals surface area contributed by atoms with Crippen LogP contribution in [0, 0.1) is 11.6 Å². The van der Waals surface area contributed by atoms with Gasteiger partial charge < -0.3 is 5.32 Å². The second-order valence-electron chi connectivity index (χ2n) is 5.21. The van der Waals surface area contributed by atoms with E-state index in [1.165, 1.54) is 0 Å². The van der Waals surface area contributed by atoms with Gasteiger partial charge in [-0.15, -0.1) is 0 Å². The first-order valence-electron chi connectivity index (χ1n) is 6.87. The lowest BCUT2D eigenvalue weighted by atomic mass is 10.2. The van der Waals surface area contributed by atoms with Crippen LogP contribution in [0.3, 0.4) is 0 Å². The number of benzene rings is 1. The van der Waals surface area contributed by atoms with Crippen LogP contribution in [-0.2, 0) is 9.84 Å². The molecule has 0 spiro atoms. The Hall–Kier alpha value is -1.01. The zero-order chi connectivity index (χ0) is 14.8. The second-order valence-corrected chi connectivity index (χ2v) is 7.40. The molecule has 2 unspecified atom stereocenters. The van der Waals surface area contributed by atoms with Crippen molar-refractivity contribution in [2.75, 3.05) is 6.54 Å². The molecule has 1 fully saturated rings. The van der Waals surface area contributed by atoms with Crippen LogP contribution in [-0.4, -0.2) is 26.3 Å². The lowest BCUT2D eigenvalue weighted by molar-refractivity contribution is 0.518. The van der Waals surface area contributed by atoms with Gasteiger partial charge in [0, 0.05) is 6.04 Å². The molecule has 1 aromatic rings. The van der Waals surface area contributed by atoms with Crippen molar-refractivity contribution in [3.63, 3.8) is 0 Å². The minimum Gasteiger partial charge on any atom is -0.314 e. The molecular formula is C14H19F2NO2S. The highest BCUT2D eigenvalue weighted by Gasteiger charge is 2.36. The van der Waals surface area contributed by atoms with Crippen molar-refractivity contribution in [3.05, 3.63) is 29.8 Å². The van der Waals surface area contributed by atoms with Gasteiger partial charge in [-0.2, -0.15) is 0 Å². The Morgan fingerprint density at radius 2 is 2.05 bits per heavy atom. The molecule has 0 aliphatic heterocycles. The van der Waals surface area contributed by atoms with E-state index in [1.54, 1.807) is 0 Å². The van der Waals surface area contributed by atoms with E-state index in [2.05, 4.69) is 5.32 Å². The minimum atomic E-state index is -3.80. The third-order valence-corrected chi connectivity index (χ3v) is 5.94. The number of hydrogen-bond donors (Lipinski definition) is 1. The summed E-state index contributed by atoms with van der Waals surface area (Å²) in [6.07, 6.45) is 2.67. The third-order valence-electron chi connectivity index (χ3n) is 3.71. The highest BCUT2D eigenvalue weighted by atomic mass is 32.2. The number of nitrogens with one attached hydrogen (secondary N) is 1. The van der Waals surface area contributed by atoms with Gasteiger partial charge >= 0.3 is 0 Å². The monoisotopic (exact) mass is 303 g/mol. The Morgan fingerprint density at radius 1 is 1.30 bits per heavy atom. The Kier molecular flexibility index (Phi) is 4.75. The van der Waals surface area contributed by atoms with E-state index in [4.69, 9.17) is 0 Å². The largest absolute Gasteiger partial charge is 0.314 e. The van der Waals surface area contributed by atoms with Gasteiger partial charge in [-0.05, 0) is 50.4 Å². The van der Waals surface area contributed by atoms with Crippen LogP contribution < -0.4 is 5.32 Å². The number of rotatable bonds is 5. The Morgan fingerprint density at radius 3 is 2.75 bits per heavy atom. The van der Waals surface area contributed by atoms with Crippen LogP contribution in [0.15, 0.2) is 23.1 Å². The van der Waals surface area contributed by atoms with Crippen LogP contribution in [0.1, 0.15) is 32.6 Å². The summed E-state index contributed by atoms with van der Waals surface area (Å²) in [6, 6.07) is 2.71. The fourth-order valence-electron chi connectivity index (χ4n) is 2.63. The summed E-state index contributed by atoms with van der Waals surface area (Å²) >= 11 is 0. The number of halogens is 2. The minimum absolute atomic E-state index is 0.145. The summed E-state index contributed by atoms with van der Waals surface area (Å²) in [5, 5.41) is 2.65. The van der Waals surface area contributed by atoms with Gasteiger partial charge in [0.25, 0.3) is 0 Å². The van der Waals surface area contributed by atoms with E-state index in [0.717, 1.165) is 37.6 Å². The first kappa shape index (κ1) is 15.4. The molecule has 20 heavy (non-hydrogen) atoms. The maximum Gasteiger partial charge on any atom is 0.184 e. The standard InChI is InChI=1S/C14H19F2NO2S/c1-2-7-17-11-4-5-12(9-11)20(18,19)14-8-10(15)3-6-13(14)16/h3,6,8,11-12,17H,2,4-5,7,9H2,1H3. The van der Waals surface area contributed by atoms with Crippen molar-refractivity contribution in [1.82, 2.24) is 5.32 Å². The molecular weight excluding hydrogens is 284 g/mol. The molecule has 3 nitrogen and oxygen atoms in total. The SMILES string of the molecule is CCCNC1CCC(S(=O)(=O)c2cc(F)ccc2F)C1. The molecule has 0 heterocycles. The number of hydrogen-bond acceptors (Lipinski definition) is 3. The molecule has 1 saturated carbocycles. The first-order valence-corrected chi connectivity index (χ1v) is 8.42. The third kappa shape index (κ3) is 3.17. The molecule has 1 N–H and O–H groups in total. The molecule has 1 aromatic carbocycles.